The maximum atomic E-state index is 10.4. The molecule has 2 nitrogen and oxygen atoms in total. The molecule has 1 saturated carbocycles. The summed E-state index contributed by atoms with van der Waals surface area (Å²) in [5.41, 5.74) is 0.109. The highest BCUT2D eigenvalue weighted by Gasteiger charge is 2.44. The smallest absolute Gasteiger partial charge is 0.0976 e. The van der Waals surface area contributed by atoms with Crippen molar-refractivity contribution in [3.63, 3.8) is 0 Å². The van der Waals surface area contributed by atoms with Crippen molar-refractivity contribution in [3.8, 4) is 6.07 Å². The Hall–Kier alpha value is -1.04. The summed E-state index contributed by atoms with van der Waals surface area (Å²) in [4.78, 5) is 0. The predicted octanol–water partition coefficient (Wildman–Crippen LogP) is 3.70. The van der Waals surface area contributed by atoms with Gasteiger partial charge >= 0.3 is 0 Å². The lowest BCUT2D eigenvalue weighted by atomic mass is 9.78. The number of benzene rings is 1. The number of hydrogen-bond donors (Lipinski definition) is 1. The molecule has 1 aliphatic rings. The highest BCUT2D eigenvalue weighted by Crippen LogP contribution is 2.49. The summed E-state index contributed by atoms with van der Waals surface area (Å²) >= 11 is 5.92. The van der Waals surface area contributed by atoms with Crippen LogP contribution in [-0.4, -0.2) is 5.11 Å². The summed E-state index contributed by atoms with van der Waals surface area (Å²) in [6.45, 7) is 2.13. The Morgan fingerprint density at radius 2 is 2.35 bits per heavy atom. The number of aliphatic hydroxyl groups is 1. The number of rotatable bonds is 2. The van der Waals surface area contributed by atoms with Crippen molar-refractivity contribution in [2.75, 3.05) is 0 Å². The van der Waals surface area contributed by atoms with Crippen LogP contribution in [0.5, 0.6) is 0 Å². The van der Waals surface area contributed by atoms with Crippen LogP contribution in [0.4, 0.5) is 0 Å². The number of nitrogens with zero attached hydrogens (tertiary/aromatic N) is 1. The lowest BCUT2D eigenvalue weighted by Gasteiger charge is -2.27. The van der Waals surface area contributed by atoms with Crippen LogP contribution in [0.1, 0.15) is 37.9 Å². The number of nitriles is 1. The van der Waals surface area contributed by atoms with Crippen molar-refractivity contribution in [2.24, 2.45) is 11.3 Å². The molecule has 3 atom stereocenters. The predicted molar refractivity (Wildman–Crippen MR) is 67.5 cm³/mol. The van der Waals surface area contributed by atoms with Crippen molar-refractivity contribution >= 4 is 11.6 Å². The van der Waals surface area contributed by atoms with Crippen molar-refractivity contribution in [1.82, 2.24) is 0 Å². The molecule has 0 bridgehead atoms. The third-order valence-electron chi connectivity index (χ3n) is 3.71. The Labute approximate surface area is 107 Å². The quantitative estimate of drug-likeness (QED) is 0.869. The molecule has 0 spiro atoms. The summed E-state index contributed by atoms with van der Waals surface area (Å²) in [5.74, 6) is 0.503. The van der Waals surface area contributed by atoms with Gasteiger partial charge in [-0.2, -0.15) is 5.26 Å². The molecule has 2 rings (SSSR count). The summed E-state index contributed by atoms with van der Waals surface area (Å²) in [6, 6.07) is 9.49. The molecule has 0 amide bonds. The monoisotopic (exact) mass is 249 g/mol. The van der Waals surface area contributed by atoms with E-state index in [0.717, 1.165) is 24.8 Å². The van der Waals surface area contributed by atoms with Crippen LogP contribution >= 0.6 is 11.6 Å². The second-order valence-corrected chi connectivity index (χ2v) is 5.51. The van der Waals surface area contributed by atoms with Gasteiger partial charge in [-0.1, -0.05) is 30.7 Å². The van der Waals surface area contributed by atoms with E-state index in [0.29, 0.717) is 10.9 Å². The van der Waals surface area contributed by atoms with Crippen LogP contribution in [0, 0.1) is 22.7 Å². The fraction of sp³-hybridized carbons (Fsp3) is 0.500. The van der Waals surface area contributed by atoms with Gasteiger partial charge in [0.15, 0.2) is 0 Å². The van der Waals surface area contributed by atoms with E-state index in [1.807, 2.05) is 12.1 Å². The van der Waals surface area contributed by atoms with Gasteiger partial charge in [0.2, 0.25) is 0 Å². The zero-order chi connectivity index (χ0) is 12.5. The molecule has 1 N–H and O–H groups in total. The summed E-state index contributed by atoms with van der Waals surface area (Å²) in [6.07, 6.45) is 1.79. The zero-order valence-corrected chi connectivity index (χ0v) is 10.6. The van der Waals surface area contributed by atoms with Crippen LogP contribution in [0.3, 0.4) is 0 Å². The van der Waals surface area contributed by atoms with Crippen molar-refractivity contribution in [1.29, 1.82) is 5.26 Å². The minimum absolute atomic E-state index is 0.503. The Bertz CT molecular complexity index is 454. The number of aliphatic hydroxyl groups excluding tert-OH is 1. The molecule has 1 fully saturated rings. The van der Waals surface area contributed by atoms with Crippen LogP contribution in [-0.2, 0) is 0 Å². The van der Waals surface area contributed by atoms with Crippen LogP contribution in [0.15, 0.2) is 24.3 Å². The van der Waals surface area contributed by atoms with Gasteiger partial charge in [-0.3, -0.25) is 0 Å². The van der Waals surface area contributed by atoms with Crippen LogP contribution in [0.2, 0.25) is 5.02 Å². The Balaban J connectivity index is 2.30. The second kappa shape index (κ2) is 4.68. The lowest BCUT2D eigenvalue weighted by Crippen LogP contribution is -2.24. The number of hydrogen-bond acceptors (Lipinski definition) is 2. The van der Waals surface area contributed by atoms with E-state index in [4.69, 9.17) is 11.6 Å². The van der Waals surface area contributed by atoms with E-state index in [1.54, 1.807) is 12.1 Å². The molecule has 1 aromatic rings. The van der Waals surface area contributed by atoms with E-state index >= 15 is 0 Å². The first-order valence-electron chi connectivity index (χ1n) is 5.92. The first-order chi connectivity index (χ1) is 8.07. The first-order valence-corrected chi connectivity index (χ1v) is 6.30. The zero-order valence-electron chi connectivity index (χ0n) is 9.86. The molecule has 0 heterocycles. The molecule has 0 radical (unpaired) electrons. The van der Waals surface area contributed by atoms with Gasteiger partial charge in [-0.15, -0.1) is 0 Å². The minimum Gasteiger partial charge on any atom is -0.387 e. The summed E-state index contributed by atoms with van der Waals surface area (Å²) in [5, 5.41) is 20.4. The van der Waals surface area contributed by atoms with Gasteiger partial charge in [0.25, 0.3) is 0 Å². The molecule has 3 heteroatoms. The van der Waals surface area contributed by atoms with Gasteiger partial charge in [-0.05, 0) is 42.9 Å². The van der Waals surface area contributed by atoms with Crippen LogP contribution < -0.4 is 0 Å². The largest absolute Gasteiger partial charge is 0.387 e. The Kier molecular flexibility index (Phi) is 3.42. The van der Waals surface area contributed by atoms with Gasteiger partial charge in [-0.25, -0.2) is 0 Å². The van der Waals surface area contributed by atoms with E-state index in [1.165, 1.54) is 0 Å². The molecular formula is C14H16ClNO. The average molecular weight is 250 g/mol. The van der Waals surface area contributed by atoms with E-state index in [9.17, 15) is 10.4 Å². The van der Waals surface area contributed by atoms with Crippen LogP contribution in [0.25, 0.3) is 0 Å². The standard InChI is InChI=1S/C14H16ClNO/c1-10-5-6-14(8-10,9-16)13(17)11-3-2-4-12(15)7-11/h2-4,7,10,13,17H,5-6,8H2,1H3. The molecule has 0 aliphatic heterocycles. The number of halogens is 1. The SMILES string of the molecule is CC1CCC(C#N)(C(O)c2cccc(Cl)c2)C1. The molecule has 0 aromatic heterocycles. The van der Waals surface area contributed by atoms with E-state index in [-0.39, 0.29) is 0 Å². The molecule has 0 saturated heterocycles. The van der Waals surface area contributed by atoms with E-state index < -0.39 is 11.5 Å². The maximum absolute atomic E-state index is 10.4. The van der Waals surface area contributed by atoms with Crippen molar-refractivity contribution < 1.29 is 5.11 Å². The van der Waals surface area contributed by atoms with E-state index in [2.05, 4.69) is 13.0 Å². The fourth-order valence-electron chi connectivity index (χ4n) is 2.74. The van der Waals surface area contributed by atoms with Gasteiger partial charge in [0, 0.05) is 5.02 Å². The molecule has 1 aliphatic carbocycles. The molecule has 90 valence electrons. The summed E-state index contributed by atoms with van der Waals surface area (Å²) < 4.78 is 0. The molecular weight excluding hydrogens is 234 g/mol. The topological polar surface area (TPSA) is 44.0 Å². The normalized spacial score (nSPS) is 29.9. The maximum Gasteiger partial charge on any atom is 0.0976 e. The van der Waals surface area contributed by atoms with Gasteiger partial charge < -0.3 is 5.11 Å². The lowest BCUT2D eigenvalue weighted by molar-refractivity contribution is 0.0647. The Morgan fingerprint density at radius 1 is 1.59 bits per heavy atom. The third-order valence-corrected chi connectivity index (χ3v) is 3.94. The summed E-state index contributed by atoms with van der Waals surface area (Å²) in [7, 11) is 0. The minimum atomic E-state index is -0.740. The molecule has 3 unspecified atom stereocenters. The molecule has 17 heavy (non-hydrogen) atoms. The third kappa shape index (κ3) is 2.31. The fourth-order valence-corrected chi connectivity index (χ4v) is 2.94. The van der Waals surface area contributed by atoms with Gasteiger partial charge in [0.1, 0.15) is 0 Å². The first kappa shape index (κ1) is 12.4. The highest BCUT2D eigenvalue weighted by atomic mass is 35.5. The van der Waals surface area contributed by atoms with Crippen molar-refractivity contribution in [2.45, 2.75) is 32.3 Å². The second-order valence-electron chi connectivity index (χ2n) is 5.07. The van der Waals surface area contributed by atoms with Crippen molar-refractivity contribution in [3.05, 3.63) is 34.9 Å². The average Bonchev–Trinajstić information content (AvgIpc) is 2.71. The molecule has 1 aromatic carbocycles. The van der Waals surface area contributed by atoms with Gasteiger partial charge in [0.05, 0.1) is 17.6 Å². The Morgan fingerprint density at radius 3 is 2.88 bits per heavy atom. The highest BCUT2D eigenvalue weighted by molar-refractivity contribution is 6.30.